The normalized spacial score (nSPS) is 11.5. The van der Waals surface area contributed by atoms with Crippen LogP contribution in [0, 0.1) is 0 Å². The molecule has 0 N–H and O–H groups in total. The predicted octanol–water partition coefficient (Wildman–Crippen LogP) is 12.7. The van der Waals surface area contributed by atoms with Gasteiger partial charge in [0.05, 0.1) is 5.69 Å². The van der Waals surface area contributed by atoms with Gasteiger partial charge in [-0.05, 0) is 87.4 Å². The van der Waals surface area contributed by atoms with Gasteiger partial charge in [0.25, 0.3) is 0 Å². The Labute approximate surface area is 267 Å². The molecule has 0 spiro atoms. The lowest BCUT2D eigenvalue weighted by atomic mass is 9.98. The molecule has 9 rings (SSSR count). The summed E-state index contributed by atoms with van der Waals surface area (Å²) < 4.78 is 6.43. The molecule has 216 valence electrons. The molecular weight excluding hydrogens is 558 g/mol. The van der Waals surface area contributed by atoms with Crippen molar-refractivity contribution >= 4 is 60.5 Å². The van der Waals surface area contributed by atoms with E-state index in [0.29, 0.717) is 0 Å². The summed E-state index contributed by atoms with van der Waals surface area (Å²) in [6.45, 7) is 0. The topological polar surface area (TPSA) is 16.4 Å². The Morgan fingerprint density at radius 2 is 1.02 bits per heavy atom. The highest BCUT2D eigenvalue weighted by Crippen LogP contribution is 2.43. The van der Waals surface area contributed by atoms with Gasteiger partial charge in [0.1, 0.15) is 11.2 Å². The first kappa shape index (κ1) is 26.3. The molecular formula is C44H29NO. The number of rotatable bonds is 5. The number of hydrogen-bond donors (Lipinski definition) is 0. The Balaban J connectivity index is 1.17. The Hall–Kier alpha value is -6.12. The summed E-state index contributed by atoms with van der Waals surface area (Å²) >= 11 is 0. The highest BCUT2D eigenvalue weighted by Gasteiger charge is 2.18. The number of furan rings is 1. The van der Waals surface area contributed by atoms with Crippen LogP contribution in [0.3, 0.4) is 0 Å². The van der Waals surface area contributed by atoms with Crippen molar-refractivity contribution in [1.82, 2.24) is 0 Å². The fraction of sp³-hybridized carbons (Fsp3) is 0. The van der Waals surface area contributed by atoms with Crippen LogP contribution in [0.4, 0.5) is 17.1 Å². The van der Waals surface area contributed by atoms with Gasteiger partial charge in [-0.1, -0.05) is 121 Å². The van der Waals surface area contributed by atoms with Crippen molar-refractivity contribution in [3.8, 4) is 22.3 Å². The molecule has 2 heteroatoms. The number of nitrogens with zero attached hydrogens (tertiary/aromatic N) is 1. The van der Waals surface area contributed by atoms with E-state index >= 15 is 0 Å². The van der Waals surface area contributed by atoms with Gasteiger partial charge in [0, 0.05) is 33.1 Å². The van der Waals surface area contributed by atoms with E-state index in [1.54, 1.807) is 0 Å². The minimum atomic E-state index is 0.900. The molecule has 0 radical (unpaired) electrons. The number of para-hydroxylation sites is 2. The minimum absolute atomic E-state index is 0.900. The number of anilines is 3. The third-order valence-electron chi connectivity index (χ3n) is 9.04. The van der Waals surface area contributed by atoms with Crippen LogP contribution in [-0.4, -0.2) is 0 Å². The standard InChI is InChI=1S/C44H29NO/c1-2-13-36(14-3-1)45(37-24-20-31(21-25-37)34-19-18-30-10-4-5-12-33(30)28-34)42-17-9-8-15-38(42)35-23-27-43-41(29-35)40-26-22-32-11-6-7-16-39(32)44(40)46-43/h1-29H. The Bertz CT molecular complexity index is 2530. The second-order valence-electron chi connectivity index (χ2n) is 11.8. The molecule has 9 aromatic rings. The molecule has 0 bridgehead atoms. The number of benzene rings is 8. The van der Waals surface area contributed by atoms with Gasteiger partial charge < -0.3 is 9.32 Å². The van der Waals surface area contributed by atoms with E-state index in [2.05, 4.69) is 181 Å². The van der Waals surface area contributed by atoms with E-state index in [9.17, 15) is 0 Å². The van der Waals surface area contributed by atoms with Crippen LogP contribution in [-0.2, 0) is 0 Å². The maximum absolute atomic E-state index is 6.43. The fourth-order valence-electron chi connectivity index (χ4n) is 6.76. The zero-order valence-corrected chi connectivity index (χ0v) is 25.1. The Kier molecular flexibility index (Phi) is 6.17. The van der Waals surface area contributed by atoms with Crippen molar-refractivity contribution in [2.75, 3.05) is 4.90 Å². The van der Waals surface area contributed by atoms with Gasteiger partial charge in [0.2, 0.25) is 0 Å². The van der Waals surface area contributed by atoms with Gasteiger partial charge in [-0.25, -0.2) is 0 Å². The Morgan fingerprint density at radius 3 is 1.89 bits per heavy atom. The molecule has 0 aliphatic heterocycles. The molecule has 0 amide bonds. The SMILES string of the molecule is c1ccc(N(c2ccc(-c3ccc4ccccc4c3)cc2)c2ccccc2-c2ccc3oc4c5ccccc5ccc4c3c2)cc1. The van der Waals surface area contributed by atoms with E-state index in [1.165, 1.54) is 27.3 Å². The minimum Gasteiger partial charge on any atom is -0.455 e. The zero-order valence-electron chi connectivity index (χ0n) is 25.1. The molecule has 0 atom stereocenters. The van der Waals surface area contributed by atoms with E-state index in [1.807, 2.05) is 0 Å². The molecule has 0 fully saturated rings. The lowest BCUT2D eigenvalue weighted by Gasteiger charge is -2.28. The van der Waals surface area contributed by atoms with Crippen LogP contribution in [0.1, 0.15) is 0 Å². The van der Waals surface area contributed by atoms with Crippen LogP contribution in [0.5, 0.6) is 0 Å². The third kappa shape index (κ3) is 4.43. The first-order chi connectivity index (χ1) is 22.8. The van der Waals surface area contributed by atoms with Crippen molar-refractivity contribution in [2.45, 2.75) is 0 Å². The van der Waals surface area contributed by atoms with E-state index in [4.69, 9.17) is 4.42 Å². The fourth-order valence-corrected chi connectivity index (χ4v) is 6.76. The van der Waals surface area contributed by atoms with Gasteiger partial charge >= 0.3 is 0 Å². The van der Waals surface area contributed by atoms with Gasteiger partial charge in [-0.2, -0.15) is 0 Å². The highest BCUT2D eigenvalue weighted by molar-refractivity contribution is 6.15. The quantitative estimate of drug-likeness (QED) is 0.199. The summed E-state index contributed by atoms with van der Waals surface area (Å²) in [5.41, 5.74) is 9.87. The summed E-state index contributed by atoms with van der Waals surface area (Å²) in [5.74, 6) is 0. The summed E-state index contributed by atoms with van der Waals surface area (Å²) in [4.78, 5) is 2.35. The maximum atomic E-state index is 6.43. The molecule has 46 heavy (non-hydrogen) atoms. The summed E-state index contributed by atoms with van der Waals surface area (Å²) in [5, 5.41) is 7.09. The van der Waals surface area contributed by atoms with Crippen LogP contribution in [0.15, 0.2) is 180 Å². The Morgan fingerprint density at radius 1 is 0.370 bits per heavy atom. The maximum Gasteiger partial charge on any atom is 0.143 e. The molecule has 0 aliphatic rings. The van der Waals surface area contributed by atoms with Crippen LogP contribution < -0.4 is 4.90 Å². The van der Waals surface area contributed by atoms with Crippen LogP contribution in [0.2, 0.25) is 0 Å². The second-order valence-corrected chi connectivity index (χ2v) is 11.8. The van der Waals surface area contributed by atoms with Gasteiger partial charge in [-0.3, -0.25) is 0 Å². The average Bonchev–Trinajstić information content (AvgIpc) is 3.51. The van der Waals surface area contributed by atoms with Crippen molar-refractivity contribution in [3.05, 3.63) is 176 Å². The zero-order chi connectivity index (χ0) is 30.5. The van der Waals surface area contributed by atoms with Crippen molar-refractivity contribution in [2.24, 2.45) is 0 Å². The molecule has 1 heterocycles. The van der Waals surface area contributed by atoms with Crippen LogP contribution in [0.25, 0.3) is 65.7 Å². The van der Waals surface area contributed by atoms with Crippen molar-refractivity contribution in [3.63, 3.8) is 0 Å². The lowest BCUT2D eigenvalue weighted by Crippen LogP contribution is -2.11. The number of fused-ring (bicyclic) bond motifs is 6. The third-order valence-corrected chi connectivity index (χ3v) is 9.04. The molecule has 8 aromatic carbocycles. The molecule has 1 aromatic heterocycles. The summed E-state index contributed by atoms with van der Waals surface area (Å²) in [6, 6.07) is 62.8. The van der Waals surface area contributed by atoms with Crippen LogP contribution >= 0.6 is 0 Å². The first-order valence-corrected chi connectivity index (χ1v) is 15.7. The van der Waals surface area contributed by atoms with E-state index < -0.39 is 0 Å². The average molecular weight is 588 g/mol. The van der Waals surface area contributed by atoms with Gasteiger partial charge in [-0.15, -0.1) is 0 Å². The smallest absolute Gasteiger partial charge is 0.143 e. The highest BCUT2D eigenvalue weighted by atomic mass is 16.3. The molecule has 0 aliphatic carbocycles. The molecule has 2 nitrogen and oxygen atoms in total. The summed E-state index contributed by atoms with van der Waals surface area (Å²) in [6.07, 6.45) is 0. The second kappa shape index (κ2) is 10.8. The van der Waals surface area contributed by atoms with E-state index in [-0.39, 0.29) is 0 Å². The number of hydrogen-bond acceptors (Lipinski definition) is 2. The molecule has 0 unspecified atom stereocenters. The van der Waals surface area contributed by atoms with E-state index in [0.717, 1.165) is 55.5 Å². The predicted molar refractivity (Wildman–Crippen MR) is 194 cm³/mol. The van der Waals surface area contributed by atoms with Crippen molar-refractivity contribution in [1.29, 1.82) is 0 Å². The first-order valence-electron chi connectivity index (χ1n) is 15.7. The summed E-state index contributed by atoms with van der Waals surface area (Å²) in [7, 11) is 0. The van der Waals surface area contributed by atoms with Crippen molar-refractivity contribution < 1.29 is 4.42 Å². The largest absolute Gasteiger partial charge is 0.455 e. The molecule has 0 saturated heterocycles. The van der Waals surface area contributed by atoms with Gasteiger partial charge in [0.15, 0.2) is 0 Å². The monoisotopic (exact) mass is 587 g/mol. The lowest BCUT2D eigenvalue weighted by molar-refractivity contribution is 0.672. The molecule has 0 saturated carbocycles.